The SMILES string of the molecule is C/C(=C/CN=C(N)N)CO. The van der Waals surface area contributed by atoms with Crippen molar-refractivity contribution in [3.8, 4) is 0 Å². The molecule has 0 unspecified atom stereocenters. The Kier molecular flexibility index (Phi) is 4.32. The van der Waals surface area contributed by atoms with Crippen LogP contribution in [-0.2, 0) is 0 Å². The lowest BCUT2D eigenvalue weighted by Crippen LogP contribution is -2.22. The summed E-state index contributed by atoms with van der Waals surface area (Å²) < 4.78 is 0. The van der Waals surface area contributed by atoms with Gasteiger partial charge in [0.2, 0.25) is 0 Å². The van der Waals surface area contributed by atoms with Crippen LogP contribution in [0.25, 0.3) is 0 Å². The summed E-state index contributed by atoms with van der Waals surface area (Å²) in [4.78, 5) is 3.70. The minimum Gasteiger partial charge on any atom is -0.392 e. The lowest BCUT2D eigenvalue weighted by Gasteiger charge is -1.91. The molecule has 0 aliphatic rings. The van der Waals surface area contributed by atoms with Gasteiger partial charge >= 0.3 is 0 Å². The second kappa shape index (κ2) is 4.81. The van der Waals surface area contributed by atoms with Gasteiger partial charge in [0.05, 0.1) is 13.2 Å². The minimum atomic E-state index is 0.0556. The van der Waals surface area contributed by atoms with Gasteiger partial charge in [-0.1, -0.05) is 11.6 Å². The summed E-state index contributed by atoms with van der Waals surface area (Å²) in [6, 6.07) is 0. The third-order valence-electron chi connectivity index (χ3n) is 0.963. The summed E-state index contributed by atoms with van der Waals surface area (Å²) in [6.07, 6.45) is 1.76. The number of rotatable bonds is 3. The number of hydrogen-bond donors (Lipinski definition) is 3. The minimum absolute atomic E-state index is 0.0556. The lowest BCUT2D eigenvalue weighted by molar-refractivity contribution is 0.331. The van der Waals surface area contributed by atoms with Crippen molar-refractivity contribution < 1.29 is 5.11 Å². The third kappa shape index (κ3) is 5.11. The highest BCUT2D eigenvalue weighted by molar-refractivity contribution is 5.75. The van der Waals surface area contributed by atoms with Crippen LogP contribution < -0.4 is 11.5 Å². The summed E-state index contributed by atoms with van der Waals surface area (Å²) >= 11 is 0. The molecular formula is C6H13N3O. The molecule has 0 aromatic carbocycles. The van der Waals surface area contributed by atoms with Crippen molar-refractivity contribution in [2.45, 2.75) is 6.92 Å². The average Bonchev–Trinajstić information content (AvgIpc) is 1.87. The third-order valence-corrected chi connectivity index (χ3v) is 0.963. The van der Waals surface area contributed by atoms with E-state index in [0.29, 0.717) is 6.54 Å². The Hall–Kier alpha value is -1.03. The highest BCUT2D eigenvalue weighted by Crippen LogP contribution is 1.88. The fourth-order valence-corrected chi connectivity index (χ4v) is 0.371. The highest BCUT2D eigenvalue weighted by Gasteiger charge is 1.82. The fraction of sp³-hybridized carbons (Fsp3) is 0.500. The monoisotopic (exact) mass is 143 g/mol. The second-order valence-electron chi connectivity index (χ2n) is 1.97. The van der Waals surface area contributed by atoms with Crippen LogP contribution >= 0.6 is 0 Å². The molecule has 0 saturated heterocycles. The molecule has 0 atom stereocenters. The first kappa shape index (κ1) is 8.97. The van der Waals surface area contributed by atoms with Crippen molar-refractivity contribution in [3.05, 3.63) is 11.6 Å². The zero-order chi connectivity index (χ0) is 7.98. The molecule has 0 radical (unpaired) electrons. The van der Waals surface area contributed by atoms with Gasteiger partial charge in [-0.2, -0.15) is 0 Å². The highest BCUT2D eigenvalue weighted by atomic mass is 16.3. The zero-order valence-corrected chi connectivity index (χ0v) is 6.04. The van der Waals surface area contributed by atoms with E-state index in [2.05, 4.69) is 4.99 Å². The molecule has 0 heterocycles. The zero-order valence-electron chi connectivity index (χ0n) is 6.04. The maximum atomic E-state index is 8.52. The quantitative estimate of drug-likeness (QED) is 0.274. The van der Waals surface area contributed by atoms with Gasteiger partial charge in [-0.25, -0.2) is 4.99 Å². The van der Waals surface area contributed by atoms with Crippen LogP contribution in [0.1, 0.15) is 6.92 Å². The molecule has 0 aliphatic heterocycles. The van der Waals surface area contributed by atoms with Gasteiger partial charge in [0.1, 0.15) is 0 Å². The van der Waals surface area contributed by atoms with E-state index < -0.39 is 0 Å². The van der Waals surface area contributed by atoms with Crippen LogP contribution in [-0.4, -0.2) is 24.2 Å². The standard InChI is InChI=1S/C6H13N3O/c1-5(4-10)2-3-9-6(7)8/h2,10H,3-4H2,1H3,(H4,7,8,9)/b5-2-. The van der Waals surface area contributed by atoms with E-state index in [1.54, 1.807) is 6.08 Å². The van der Waals surface area contributed by atoms with Crippen molar-refractivity contribution >= 4 is 5.96 Å². The van der Waals surface area contributed by atoms with Crippen molar-refractivity contribution in [1.29, 1.82) is 0 Å². The number of hydrogen-bond acceptors (Lipinski definition) is 2. The van der Waals surface area contributed by atoms with E-state index in [1.165, 1.54) is 0 Å². The van der Waals surface area contributed by atoms with Gasteiger partial charge in [0, 0.05) is 0 Å². The molecule has 58 valence electrons. The van der Waals surface area contributed by atoms with Gasteiger partial charge in [-0.15, -0.1) is 0 Å². The smallest absolute Gasteiger partial charge is 0.186 e. The summed E-state index contributed by atoms with van der Waals surface area (Å²) in [7, 11) is 0. The van der Waals surface area contributed by atoms with Crippen LogP contribution in [0, 0.1) is 0 Å². The first-order chi connectivity index (χ1) is 4.66. The number of aliphatic imine (C=N–C) groups is 1. The van der Waals surface area contributed by atoms with Crippen molar-refractivity contribution in [1.82, 2.24) is 0 Å². The van der Waals surface area contributed by atoms with Gasteiger partial charge < -0.3 is 16.6 Å². The van der Waals surface area contributed by atoms with Crippen LogP contribution in [0.5, 0.6) is 0 Å². The molecule has 0 aliphatic carbocycles. The summed E-state index contributed by atoms with van der Waals surface area (Å²) in [6.45, 7) is 2.30. The normalized spacial score (nSPS) is 11.2. The van der Waals surface area contributed by atoms with E-state index in [0.717, 1.165) is 5.57 Å². The van der Waals surface area contributed by atoms with Gasteiger partial charge in [-0.3, -0.25) is 0 Å². The molecule has 0 aromatic rings. The molecule has 5 N–H and O–H groups in total. The number of aliphatic hydroxyl groups is 1. The number of guanidine groups is 1. The van der Waals surface area contributed by atoms with Crippen LogP contribution in [0.4, 0.5) is 0 Å². The Balaban J connectivity index is 3.63. The van der Waals surface area contributed by atoms with Gasteiger partial charge in [-0.05, 0) is 6.92 Å². The first-order valence-electron chi connectivity index (χ1n) is 2.98. The largest absolute Gasteiger partial charge is 0.392 e. The predicted octanol–water partition coefficient (Wildman–Crippen LogP) is -0.802. The first-order valence-corrected chi connectivity index (χ1v) is 2.98. The molecule has 0 rings (SSSR count). The Bertz CT molecular complexity index is 147. The van der Waals surface area contributed by atoms with Crippen LogP contribution in [0.15, 0.2) is 16.6 Å². The summed E-state index contributed by atoms with van der Waals surface area (Å²) in [5.74, 6) is 0.0713. The van der Waals surface area contributed by atoms with E-state index >= 15 is 0 Å². The van der Waals surface area contributed by atoms with Crippen LogP contribution in [0.3, 0.4) is 0 Å². The lowest BCUT2D eigenvalue weighted by atomic mass is 10.3. The Labute approximate surface area is 60.2 Å². The number of nitrogens with two attached hydrogens (primary N) is 2. The molecule has 10 heavy (non-hydrogen) atoms. The average molecular weight is 143 g/mol. The topological polar surface area (TPSA) is 84.6 Å². The van der Waals surface area contributed by atoms with E-state index in [-0.39, 0.29) is 12.6 Å². The van der Waals surface area contributed by atoms with Crippen LogP contribution in [0.2, 0.25) is 0 Å². The predicted molar refractivity (Wildman–Crippen MR) is 41.5 cm³/mol. The van der Waals surface area contributed by atoms with E-state index in [9.17, 15) is 0 Å². The molecule has 0 aromatic heterocycles. The molecule has 0 bridgehead atoms. The maximum absolute atomic E-state index is 8.52. The van der Waals surface area contributed by atoms with Crippen molar-refractivity contribution in [3.63, 3.8) is 0 Å². The van der Waals surface area contributed by atoms with E-state index in [1.807, 2.05) is 6.92 Å². The summed E-state index contributed by atoms with van der Waals surface area (Å²) in [5, 5.41) is 8.52. The Morgan fingerprint density at radius 1 is 1.60 bits per heavy atom. The molecule has 0 amide bonds. The van der Waals surface area contributed by atoms with Crippen molar-refractivity contribution in [2.75, 3.05) is 13.2 Å². The second-order valence-corrected chi connectivity index (χ2v) is 1.97. The number of aliphatic hydroxyl groups excluding tert-OH is 1. The summed E-state index contributed by atoms with van der Waals surface area (Å²) in [5.41, 5.74) is 11.0. The molecule has 0 saturated carbocycles. The molecule has 4 nitrogen and oxygen atoms in total. The Morgan fingerprint density at radius 2 is 2.20 bits per heavy atom. The Morgan fingerprint density at radius 3 is 2.60 bits per heavy atom. The number of nitrogens with zero attached hydrogens (tertiary/aromatic N) is 1. The van der Waals surface area contributed by atoms with Gasteiger partial charge in [0.25, 0.3) is 0 Å². The molecule has 0 spiro atoms. The van der Waals surface area contributed by atoms with Crippen molar-refractivity contribution in [2.24, 2.45) is 16.5 Å². The van der Waals surface area contributed by atoms with E-state index in [4.69, 9.17) is 16.6 Å². The maximum Gasteiger partial charge on any atom is 0.186 e. The van der Waals surface area contributed by atoms with Gasteiger partial charge in [0.15, 0.2) is 5.96 Å². The fourth-order valence-electron chi connectivity index (χ4n) is 0.371. The molecular weight excluding hydrogens is 130 g/mol. The molecule has 0 fully saturated rings. The molecule has 4 heteroatoms.